The van der Waals surface area contributed by atoms with Gasteiger partial charge in [0.25, 0.3) is 0 Å². The summed E-state index contributed by atoms with van der Waals surface area (Å²) in [5.41, 5.74) is 8.37. The molecule has 1 atom stereocenters. The Balaban J connectivity index is 1.53. The van der Waals surface area contributed by atoms with E-state index in [1.54, 1.807) is 12.0 Å². The molecule has 1 aliphatic heterocycles. The number of nitrogens with two attached hydrogens (primary N) is 1. The number of hydrogen-bond acceptors (Lipinski definition) is 6. The fourth-order valence-electron chi connectivity index (χ4n) is 3.50. The Morgan fingerprint density at radius 2 is 1.81 bits per heavy atom. The lowest BCUT2D eigenvalue weighted by Gasteiger charge is -2.34. The second-order valence-electron chi connectivity index (χ2n) is 7.66. The normalized spacial score (nSPS) is 15.4. The van der Waals surface area contributed by atoms with Gasteiger partial charge in [0, 0.05) is 38.1 Å². The van der Waals surface area contributed by atoms with Crippen LogP contribution in [0.25, 0.3) is 0 Å². The number of methoxy groups -OCH3 is 1. The number of piperazine rings is 1. The van der Waals surface area contributed by atoms with Crippen molar-refractivity contribution in [1.82, 2.24) is 4.90 Å². The Hall–Kier alpha value is -3.27. The van der Waals surface area contributed by atoms with Crippen LogP contribution in [0.1, 0.15) is 15.9 Å². The lowest BCUT2D eigenvalue weighted by Crippen LogP contribution is -2.51. The molecule has 32 heavy (non-hydrogen) atoms. The van der Waals surface area contributed by atoms with Crippen LogP contribution >= 0.6 is 0 Å². The molecule has 9 heteroatoms. The highest BCUT2D eigenvalue weighted by Crippen LogP contribution is 2.19. The van der Waals surface area contributed by atoms with E-state index in [0.717, 1.165) is 24.3 Å². The SMILES string of the molecule is COCCN1CCN(c2ccc(CC(N)C(=O)Nc3ccc(C(=O)O)cc3)cc2)C(=O)C1. The average Bonchev–Trinajstić information content (AvgIpc) is 2.78. The first-order chi connectivity index (χ1) is 15.4. The first-order valence-corrected chi connectivity index (χ1v) is 10.4. The van der Waals surface area contributed by atoms with Crippen LogP contribution in [-0.2, 0) is 20.7 Å². The minimum atomic E-state index is -1.03. The number of aromatic carboxylic acids is 1. The molecular weight excluding hydrogens is 412 g/mol. The fourth-order valence-corrected chi connectivity index (χ4v) is 3.50. The van der Waals surface area contributed by atoms with Crippen LogP contribution in [0, 0.1) is 0 Å². The van der Waals surface area contributed by atoms with Gasteiger partial charge in [-0.1, -0.05) is 12.1 Å². The number of rotatable bonds is 9. The molecule has 4 N–H and O–H groups in total. The van der Waals surface area contributed by atoms with Crippen molar-refractivity contribution in [1.29, 1.82) is 0 Å². The first kappa shape index (κ1) is 23.4. The van der Waals surface area contributed by atoms with E-state index in [1.807, 2.05) is 24.3 Å². The van der Waals surface area contributed by atoms with Crippen molar-refractivity contribution in [2.24, 2.45) is 5.73 Å². The number of nitrogens with zero attached hydrogens (tertiary/aromatic N) is 2. The van der Waals surface area contributed by atoms with E-state index in [1.165, 1.54) is 24.3 Å². The van der Waals surface area contributed by atoms with Gasteiger partial charge in [-0.05, 0) is 48.4 Å². The summed E-state index contributed by atoms with van der Waals surface area (Å²) < 4.78 is 5.07. The number of carboxylic acid groups (broad SMARTS) is 1. The minimum absolute atomic E-state index is 0.0464. The molecule has 0 radical (unpaired) electrons. The van der Waals surface area contributed by atoms with Crippen molar-refractivity contribution in [3.63, 3.8) is 0 Å². The van der Waals surface area contributed by atoms with Gasteiger partial charge in [0.15, 0.2) is 0 Å². The number of anilines is 2. The molecule has 0 saturated carbocycles. The lowest BCUT2D eigenvalue weighted by atomic mass is 10.0. The molecule has 1 aliphatic rings. The van der Waals surface area contributed by atoms with Crippen molar-refractivity contribution in [2.75, 3.05) is 50.1 Å². The highest BCUT2D eigenvalue weighted by atomic mass is 16.5. The van der Waals surface area contributed by atoms with Gasteiger partial charge in [-0.25, -0.2) is 4.79 Å². The summed E-state index contributed by atoms with van der Waals surface area (Å²) in [6, 6.07) is 12.6. The topological polar surface area (TPSA) is 125 Å². The quantitative estimate of drug-likeness (QED) is 0.535. The molecule has 170 valence electrons. The average molecular weight is 441 g/mol. The van der Waals surface area contributed by atoms with Gasteiger partial charge in [0.1, 0.15) is 0 Å². The summed E-state index contributed by atoms with van der Waals surface area (Å²) in [6.45, 7) is 3.10. The summed E-state index contributed by atoms with van der Waals surface area (Å²) in [7, 11) is 1.65. The molecule has 0 spiro atoms. The predicted octanol–water partition coefficient (Wildman–Crippen LogP) is 1.19. The van der Waals surface area contributed by atoms with Crippen LogP contribution in [0.15, 0.2) is 48.5 Å². The molecule has 1 fully saturated rings. The Labute approximate surface area is 186 Å². The maximum atomic E-state index is 12.5. The lowest BCUT2D eigenvalue weighted by molar-refractivity contribution is -0.121. The second kappa shape index (κ2) is 10.9. The Kier molecular flexibility index (Phi) is 7.93. The number of carbonyl (C=O) groups excluding carboxylic acids is 2. The molecule has 1 unspecified atom stereocenters. The number of nitrogens with one attached hydrogen (secondary N) is 1. The highest BCUT2D eigenvalue weighted by Gasteiger charge is 2.24. The zero-order valence-corrected chi connectivity index (χ0v) is 18.0. The molecule has 1 saturated heterocycles. The van der Waals surface area contributed by atoms with Gasteiger partial charge >= 0.3 is 5.97 Å². The largest absolute Gasteiger partial charge is 0.478 e. The standard InChI is InChI=1S/C23H28N4O5/c1-32-13-12-26-10-11-27(21(28)15-26)19-8-2-16(3-9-19)14-20(24)22(29)25-18-6-4-17(5-7-18)23(30)31/h2-9,20H,10-15,24H2,1H3,(H,25,29)(H,30,31). The van der Waals surface area contributed by atoms with Crippen LogP contribution in [-0.4, -0.2) is 73.7 Å². The van der Waals surface area contributed by atoms with Crippen LogP contribution in [0.2, 0.25) is 0 Å². The smallest absolute Gasteiger partial charge is 0.335 e. The number of benzene rings is 2. The molecule has 9 nitrogen and oxygen atoms in total. The molecular formula is C23H28N4O5. The zero-order valence-electron chi connectivity index (χ0n) is 18.0. The van der Waals surface area contributed by atoms with Crippen LogP contribution in [0.4, 0.5) is 11.4 Å². The van der Waals surface area contributed by atoms with E-state index >= 15 is 0 Å². The summed E-state index contributed by atoms with van der Waals surface area (Å²) in [6.07, 6.45) is 0.331. The fraction of sp³-hybridized carbons (Fsp3) is 0.348. The molecule has 3 rings (SSSR count). The van der Waals surface area contributed by atoms with Gasteiger partial charge in [-0.15, -0.1) is 0 Å². The Morgan fingerprint density at radius 1 is 1.12 bits per heavy atom. The van der Waals surface area contributed by atoms with Crippen LogP contribution in [0.3, 0.4) is 0 Å². The zero-order chi connectivity index (χ0) is 23.1. The van der Waals surface area contributed by atoms with E-state index in [9.17, 15) is 14.4 Å². The van der Waals surface area contributed by atoms with Gasteiger partial charge < -0.3 is 25.8 Å². The van der Waals surface area contributed by atoms with Gasteiger partial charge in [-0.2, -0.15) is 0 Å². The van der Waals surface area contributed by atoms with Crippen LogP contribution < -0.4 is 16.0 Å². The predicted molar refractivity (Wildman–Crippen MR) is 121 cm³/mol. The highest BCUT2D eigenvalue weighted by molar-refractivity contribution is 5.96. The van der Waals surface area contributed by atoms with Crippen LogP contribution in [0.5, 0.6) is 0 Å². The van der Waals surface area contributed by atoms with E-state index in [2.05, 4.69) is 10.2 Å². The van der Waals surface area contributed by atoms with Crippen molar-refractivity contribution in [3.05, 3.63) is 59.7 Å². The van der Waals surface area contributed by atoms with Gasteiger partial charge in [-0.3, -0.25) is 14.5 Å². The number of carbonyl (C=O) groups is 3. The summed E-state index contributed by atoms with van der Waals surface area (Å²) in [5, 5.41) is 11.6. The number of carboxylic acids is 1. The number of ether oxygens (including phenoxy) is 1. The van der Waals surface area contributed by atoms with E-state index < -0.39 is 12.0 Å². The van der Waals surface area contributed by atoms with Crippen molar-refractivity contribution in [3.8, 4) is 0 Å². The monoisotopic (exact) mass is 440 g/mol. The van der Waals surface area contributed by atoms with Gasteiger partial charge in [0.05, 0.1) is 24.8 Å². The maximum absolute atomic E-state index is 12.5. The third-order valence-corrected chi connectivity index (χ3v) is 5.35. The van der Waals surface area contributed by atoms with E-state index in [4.69, 9.17) is 15.6 Å². The number of hydrogen-bond donors (Lipinski definition) is 3. The Morgan fingerprint density at radius 3 is 2.41 bits per heavy atom. The first-order valence-electron chi connectivity index (χ1n) is 10.4. The molecule has 1 heterocycles. The molecule has 0 aliphatic carbocycles. The summed E-state index contributed by atoms with van der Waals surface area (Å²) in [5.74, 6) is -1.35. The van der Waals surface area contributed by atoms with Gasteiger partial charge in [0.2, 0.25) is 11.8 Å². The number of amides is 2. The Bertz CT molecular complexity index is 946. The molecule has 2 aromatic carbocycles. The van der Waals surface area contributed by atoms with E-state index in [0.29, 0.717) is 31.8 Å². The molecule has 2 amide bonds. The van der Waals surface area contributed by atoms with Crippen molar-refractivity contribution < 1.29 is 24.2 Å². The molecule has 0 bridgehead atoms. The molecule has 2 aromatic rings. The van der Waals surface area contributed by atoms with Crippen molar-refractivity contribution in [2.45, 2.75) is 12.5 Å². The summed E-state index contributed by atoms with van der Waals surface area (Å²) >= 11 is 0. The molecule has 0 aromatic heterocycles. The maximum Gasteiger partial charge on any atom is 0.335 e. The third-order valence-electron chi connectivity index (χ3n) is 5.35. The second-order valence-corrected chi connectivity index (χ2v) is 7.66. The van der Waals surface area contributed by atoms with Crippen molar-refractivity contribution >= 4 is 29.2 Å². The van der Waals surface area contributed by atoms with E-state index in [-0.39, 0.29) is 17.4 Å². The summed E-state index contributed by atoms with van der Waals surface area (Å²) in [4.78, 5) is 39.6. The minimum Gasteiger partial charge on any atom is -0.478 e. The third kappa shape index (κ3) is 6.13.